The number of hydrogen-bond donors (Lipinski definition) is 0. The molecule has 0 N–H and O–H groups in total. The first kappa shape index (κ1) is 7.98. The van der Waals surface area contributed by atoms with Crippen LogP contribution in [0.1, 0.15) is 27.7 Å². The highest BCUT2D eigenvalue weighted by molar-refractivity contribution is 4.70. The Morgan fingerprint density at radius 3 is 1.90 bits per heavy atom. The third-order valence-electron chi connectivity index (χ3n) is 1.24. The summed E-state index contributed by atoms with van der Waals surface area (Å²) in [5, 5.41) is 0. The van der Waals surface area contributed by atoms with Crippen LogP contribution in [0.4, 0.5) is 0 Å². The summed E-state index contributed by atoms with van der Waals surface area (Å²) in [5.41, 5.74) is -0.310. The van der Waals surface area contributed by atoms with Crippen LogP contribution in [0.15, 0.2) is 0 Å². The molecule has 0 amide bonds. The molecule has 1 heterocycles. The van der Waals surface area contributed by atoms with Crippen LogP contribution >= 0.6 is 0 Å². The molecule has 0 bridgehead atoms. The molecule has 0 aromatic heterocycles. The molecule has 1 aliphatic rings. The highest BCUT2D eigenvalue weighted by Gasteiger charge is 2.34. The summed E-state index contributed by atoms with van der Waals surface area (Å²) in [4.78, 5) is 10.0. The van der Waals surface area contributed by atoms with Crippen molar-refractivity contribution in [3.05, 3.63) is 0 Å². The van der Waals surface area contributed by atoms with Crippen LogP contribution in [0, 0.1) is 0 Å². The van der Waals surface area contributed by atoms with Gasteiger partial charge in [-0.25, -0.2) is 9.78 Å². The van der Waals surface area contributed by atoms with Crippen molar-refractivity contribution in [1.29, 1.82) is 0 Å². The van der Waals surface area contributed by atoms with Gasteiger partial charge in [-0.2, -0.15) is 0 Å². The van der Waals surface area contributed by atoms with Crippen molar-refractivity contribution in [3.8, 4) is 0 Å². The average molecular weight is 146 g/mol. The monoisotopic (exact) mass is 146 g/mol. The van der Waals surface area contributed by atoms with Crippen molar-refractivity contribution < 1.29 is 14.5 Å². The first-order valence-corrected chi connectivity index (χ1v) is 3.42. The Morgan fingerprint density at radius 1 is 1.00 bits per heavy atom. The molecule has 60 valence electrons. The van der Waals surface area contributed by atoms with E-state index in [-0.39, 0.29) is 5.60 Å². The fourth-order valence-corrected chi connectivity index (χ4v) is 0.609. The molecule has 1 aliphatic heterocycles. The molecule has 10 heavy (non-hydrogen) atoms. The van der Waals surface area contributed by atoms with Crippen molar-refractivity contribution in [1.82, 2.24) is 0 Å². The van der Waals surface area contributed by atoms with Crippen molar-refractivity contribution in [2.75, 3.05) is 6.61 Å². The summed E-state index contributed by atoms with van der Waals surface area (Å²) in [5.74, 6) is -0.588. The molecule has 1 fully saturated rings. The van der Waals surface area contributed by atoms with Gasteiger partial charge < -0.3 is 4.74 Å². The molecule has 0 aromatic rings. The molecular weight excluding hydrogens is 132 g/mol. The minimum Gasteiger partial charge on any atom is -0.345 e. The molecule has 0 saturated carbocycles. The maximum atomic E-state index is 5.33. The molecule has 0 aliphatic carbocycles. The van der Waals surface area contributed by atoms with Crippen LogP contribution in [0.5, 0.6) is 0 Å². The summed E-state index contributed by atoms with van der Waals surface area (Å²) in [6, 6.07) is 0. The van der Waals surface area contributed by atoms with Crippen LogP contribution in [-0.2, 0) is 14.5 Å². The predicted octanol–water partition coefficient (Wildman–Crippen LogP) is 1.48. The van der Waals surface area contributed by atoms with Gasteiger partial charge in [-0.05, 0) is 27.7 Å². The van der Waals surface area contributed by atoms with Gasteiger partial charge in [-0.3, -0.25) is 0 Å². The minimum atomic E-state index is -0.588. The molecule has 0 atom stereocenters. The van der Waals surface area contributed by atoms with Gasteiger partial charge in [0.2, 0.25) is 0 Å². The third kappa shape index (κ3) is 1.94. The van der Waals surface area contributed by atoms with Gasteiger partial charge in [0.05, 0.1) is 6.61 Å². The molecule has 0 unspecified atom stereocenters. The SMILES string of the molecule is CC1(C)COC(C)(C)OO1. The first-order chi connectivity index (χ1) is 4.41. The largest absolute Gasteiger partial charge is 0.345 e. The molecule has 1 rings (SSSR count). The summed E-state index contributed by atoms with van der Waals surface area (Å²) >= 11 is 0. The van der Waals surface area contributed by atoms with E-state index in [1.54, 1.807) is 0 Å². The second kappa shape index (κ2) is 2.19. The van der Waals surface area contributed by atoms with Crippen LogP contribution in [0.25, 0.3) is 0 Å². The second-order valence-electron chi connectivity index (χ2n) is 3.61. The molecule has 0 radical (unpaired) electrons. The Labute approximate surface area is 61.2 Å². The molecule has 0 aromatic carbocycles. The Bertz CT molecular complexity index is 101. The summed E-state index contributed by atoms with van der Waals surface area (Å²) in [6.45, 7) is 8.05. The predicted molar refractivity (Wildman–Crippen MR) is 36.3 cm³/mol. The maximum Gasteiger partial charge on any atom is 0.196 e. The Balaban J connectivity index is 2.46. The van der Waals surface area contributed by atoms with Crippen molar-refractivity contribution in [3.63, 3.8) is 0 Å². The zero-order valence-electron chi connectivity index (χ0n) is 6.93. The van der Waals surface area contributed by atoms with Crippen LogP contribution in [-0.4, -0.2) is 18.0 Å². The van der Waals surface area contributed by atoms with E-state index in [4.69, 9.17) is 14.5 Å². The highest BCUT2D eigenvalue weighted by Crippen LogP contribution is 2.25. The van der Waals surface area contributed by atoms with E-state index in [1.165, 1.54) is 0 Å². The average Bonchev–Trinajstić information content (AvgIpc) is 1.79. The van der Waals surface area contributed by atoms with E-state index in [0.29, 0.717) is 6.61 Å². The lowest BCUT2D eigenvalue weighted by atomic mass is 10.1. The first-order valence-electron chi connectivity index (χ1n) is 3.42. The second-order valence-corrected chi connectivity index (χ2v) is 3.61. The van der Waals surface area contributed by atoms with Gasteiger partial charge in [0.1, 0.15) is 5.60 Å². The summed E-state index contributed by atoms with van der Waals surface area (Å²) in [7, 11) is 0. The van der Waals surface area contributed by atoms with Crippen LogP contribution in [0.3, 0.4) is 0 Å². The van der Waals surface area contributed by atoms with E-state index >= 15 is 0 Å². The zero-order chi connectivity index (χ0) is 7.83. The van der Waals surface area contributed by atoms with E-state index in [0.717, 1.165) is 0 Å². The van der Waals surface area contributed by atoms with Crippen molar-refractivity contribution in [2.45, 2.75) is 39.1 Å². The van der Waals surface area contributed by atoms with E-state index in [1.807, 2.05) is 27.7 Å². The van der Waals surface area contributed by atoms with Gasteiger partial charge in [-0.15, -0.1) is 0 Å². The van der Waals surface area contributed by atoms with Crippen molar-refractivity contribution >= 4 is 0 Å². The Kier molecular flexibility index (Phi) is 1.75. The van der Waals surface area contributed by atoms with Gasteiger partial charge in [0.15, 0.2) is 5.79 Å². The molecule has 3 nitrogen and oxygen atoms in total. The summed E-state index contributed by atoms with van der Waals surface area (Å²) in [6.07, 6.45) is 0. The van der Waals surface area contributed by atoms with Crippen LogP contribution < -0.4 is 0 Å². The van der Waals surface area contributed by atoms with Gasteiger partial charge in [-0.1, -0.05) is 0 Å². The van der Waals surface area contributed by atoms with E-state index < -0.39 is 5.79 Å². The fraction of sp³-hybridized carbons (Fsp3) is 1.00. The zero-order valence-corrected chi connectivity index (χ0v) is 6.93. The third-order valence-corrected chi connectivity index (χ3v) is 1.24. The smallest absolute Gasteiger partial charge is 0.196 e. The Morgan fingerprint density at radius 2 is 1.60 bits per heavy atom. The highest BCUT2D eigenvalue weighted by atomic mass is 17.2. The fourth-order valence-electron chi connectivity index (χ4n) is 0.609. The molecule has 3 heteroatoms. The lowest BCUT2D eigenvalue weighted by molar-refractivity contribution is -0.497. The van der Waals surface area contributed by atoms with Crippen LogP contribution in [0.2, 0.25) is 0 Å². The quantitative estimate of drug-likeness (QED) is 0.484. The Hall–Kier alpha value is -0.120. The lowest BCUT2D eigenvalue weighted by Crippen LogP contribution is -2.45. The lowest BCUT2D eigenvalue weighted by Gasteiger charge is -2.37. The maximum absolute atomic E-state index is 5.33. The van der Waals surface area contributed by atoms with Gasteiger partial charge in [0, 0.05) is 0 Å². The van der Waals surface area contributed by atoms with E-state index in [2.05, 4.69) is 0 Å². The number of rotatable bonds is 0. The summed E-state index contributed by atoms with van der Waals surface area (Å²) < 4.78 is 5.33. The minimum absolute atomic E-state index is 0.310. The standard InChI is InChI=1S/C7H14O3/c1-6(2)5-8-7(3,4)10-9-6/h5H2,1-4H3. The van der Waals surface area contributed by atoms with Crippen molar-refractivity contribution in [2.24, 2.45) is 0 Å². The van der Waals surface area contributed by atoms with Gasteiger partial charge >= 0.3 is 0 Å². The molecular formula is C7H14O3. The van der Waals surface area contributed by atoms with Gasteiger partial charge in [0.25, 0.3) is 0 Å². The topological polar surface area (TPSA) is 27.7 Å². The number of hydrogen-bond acceptors (Lipinski definition) is 3. The normalized spacial score (nSPS) is 30.0. The van der Waals surface area contributed by atoms with E-state index in [9.17, 15) is 0 Å². The molecule has 0 spiro atoms. The number of ether oxygens (including phenoxy) is 1. The molecule has 1 saturated heterocycles.